The van der Waals surface area contributed by atoms with Gasteiger partial charge in [-0.1, -0.05) is 101 Å². The second-order valence-corrected chi connectivity index (χ2v) is 6.15. The SMILES string of the molecule is C.C.CC.COC.CS(C)(=O)=O.c1ccccc1.c1ccccc1. The molecule has 0 amide bonds. The minimum Gasteiger partial charge on any atom is -0.388 e. The Labute approximate surface area is 151 Å². The number of methoxy groups -OCH3 is 1. The molecule has 0 aliphatic carbocycles. The molecule has 4 heteroatoms. The highest BCUT2D eigenvalue weighted by atomic mass is 32.2. The van der Waals surface area contributed by atoms with Crippen molar-refractivity contribution in [3.05, 3.63) is 72.8 Å². The van der Waals surface area contributed by atoms with Crippen LogP contribution in [0.2, 0.25) is 0 Å². The first-order valence-corrected chi connectivity index (χ1v) is 9.27. The number of sulfone groups is 1. The molecule has 0 saturated heterocycles. The Morgan fingerprint density at radius 2 is 0.583 bits per heavy atom. The molecule has 0 aromatic heterocycles. The van der Waals surface area contributed by atoms with Gasteiger partial charge in [-0.2, -0.15) is 0 Å². The van der Waals surface area contributed by atoms with E-state index in [0.29, 0.717) is 0 Å². The molecule has 0 heterocycles. The Bertz CT molecular complexity index is 376. The van der Waals surface area contributed by atoms with Crippen LogP contribution in [0.3, 0.4) is 0 Å². The third-order valence-electron chi connectivity index (χ3n) is 1.33. The van der Waals surface area contributed by atoms with Crippen molar-refractivity contribution in [3.63, 3.8) is 0 Å². The Kier molecular flexibility index (Phi) is 41.4. The van der Waals surface area contributed by atoms with E-state index >= 15 is 0 Å². The Balaban J connectivity index is -0.0000000645. The third-order valence-corrected chi connectivity index (χ3v) is 1.33. The van der Waals surface area contributed by atoms with E-state index in [4.69, 9.17) is 0 Å². The molecular formula is C20H38O3S. The lowest BCUT2D eigenvalue weighted by Crippen LogP contribution is -1.86. The van der Waals surface area contributed by atoms with Crippen LogP contribution in [-0.4, -0.2) is 35.1 Å². The van der Waals surface area contributed by atoms with E-state index in [9.17, 15) is 8.42 Å². The fourth-order valence-electron chi connectivity index (χ4n) is 0.770. The molecule has 3 nitrogen and oxygen atoms in total. The van der Waals surface area contributed by atoms with Gasteiger partial charge in [0.15, 0.2) is 0 Å². The second kappa shape index (κ2) is 29.4. The number of benzene rings is 2. The number of hydrogen-bond acceptors (Lipinski definition) is 3. The molecule has 2 aromatic carbocycles. The maximum Gasteiger partial charge on any atom is 0.144 e. The lowest BCUT2D eigenvalue weighted by molar-refractivity contribution is 0.277. The molecule has 0 bridgehead atoms. The Morgan fingerprint density at radius 1 is 0.542 bits per heavy atom. The fraction of sp³-hybridized carbons (Fsp3) is 0.400. The smallest absolute Gasteiger partial charge is 0.144 e. The van der Waals surface area contributed by atoms with Crippen LogP contribution in [0.25, 0.3) is 0 Å². The van der Waals surface area contributed by atoms with Crippen LogP contribution >= 0.6 is 0 Å². The molecule has 24 heavy (non-hydrogen) atoms. The number of ether oxygens (including phenoxy) is 1. The predicted molar refractivity (Wildman–Crippen MR) is 111 cm³/mol. The number of rotatable bonds is 0. The maximum atomic E-state index is 9.63. The highest BCUT2D eigenvalue weighted by molar-refractivity contribution is 7.89. The third kappa shape index (κ3) is 71.1. The first-order chi connectivity index (χ1) is 10.4. The molecule has 2 rings (SSSR count). The van der Waals surface area contributed by atoms with E-state index in [0.717, 1.165) is 12.5 Å². The molecule has 0 N–H and O–H groups in total. The van der Waals surface area contributed by atoms with Crippen molar-refractivity contribution in [1.29, 1.82) is 0 Å². The van der Waals surface area contributed by atoms with Crippen molar-refractivity contribution in [3.8, 4) is 0 Å². The molecule has 0 saturated carbocycles. The summed E-state index contributed by atoms with van der Waals surface area (Å²) < 4.78 is 23.5. The van der Waals surface area contributed by atoms with E-state index in [1.807, 2.05) is 86.6 Å². The first kappa shape index (κ1) is 33.8. The average molecular weight is 359 g/mol. The van der Waals surface area contributed by atoms with Crippen LogP contribution in [0.5, 0.6) is 0 Å². The average Bonchev–Trinajstić information content (AvgIpc) is 2.52. The summed E-state index contributed by atoms with van der Waals surface area (Å²) in [5.41, 5.74) is 0. The summed E-state index contributed by atoms with van der Waals surface area (Å²) in [7, 11) is 0.583. The monoisotopic (exact) mass is 358 g/mol. The van der Waals surface area contributed by atoms with Gasteiger partial charge in [0.2, 0.25) is 0 Å². The van der Waals surface area contributed by atoms with Crippen molar-refractivity contribution < 1.29 is 13.2 Å². The quantitative estimate of drug-likeness (QED) is 0.616. The van der Waals surface area contributed by atoms with E-state index in [1.165, 1.54) is 0 Å². The molecule has 0 unspecified atom stereocenters. The molecule has 0 fully saturated rings. The summed E-state index contributed by atoms with van der Waals surface area (Å²) in [4.78, 5) is 0. The lowest BCUT2D eigenvalue weighted by Gasteiger charge is -1.69. The van der Waals surface area contributed by atoms with Crippen LogP contribution in [0.1, 0.15) is 28.7 Å². The Hall–Kier alpha value is -1.65. The highest BCUT2D eigenvalue weighted by Crippen LogP contribution is 1.80. The van der Waals surface area contributed by atoms with Crippen LogP contribution in [0.15, 0.2) is 72.8 Å². The summed E-state index contributed by atoms with van der Waals surface area (Å²) in [5.74, 6) is 0. The van der Waals surface area contributed by atoms with Crippen molar-refractivity contribution in [1.82, 2.24) is 0 Å². The first-order valence-electron chi connectivity index (χ1n) is 6.97. The van der Waals surface area contributed by atoms with Crippen molar-refractivity contribution in [2.75, 3.05) is 26.7 Å². The molecule has 0 radical (unpaired) electrons. The van der Waals surface area contributed by atoms with Crippen molar-refractivity contribution in [2.45, 2.75) is 28.7 Å². The molecule has 0 aliphatic heterocycles. The molecule has 142 valence electrons. The zero-order valence-electron chi connectivity index (χ0n) is 14.6. The van der Waals surface area contributed by atoms with E-state index < -0.39 is 9.84 Å². The minimum atomic E-state index is -2.67. The highest BCUT2D eigenvalue weighted by Gasteiger charge is 1.79. The van der Waals surface area contributed by atoms with Gasteiger partial charge in [-0.25, -0.2) is 8.42 Å². The van der Waals surface area contributed by atoms with E-state index in [1.54, 1.807) is 14.2 Å². The normalized spacial score (nSPS) is 7.42. The Morgan fingerprint density at radius 3 is 0.625 bits per heavy atom. The van der Waals surface area contributed by atoms with E-state index in [-0.39, 0.29) is 14.9 Å². The zero-order valence-corrected chi connectivity index (χ0v) is 15.4. The van der Waals surface area contributed by atoms with Gasteiger partial charge in [0.05, 0.1) is 0 Å². The van der Waals surface area contributed by atoms with Crippen molar-refractivity contribution >= 4 is 9.84 Å². The standard InChI is InChI=1S/2C6H6.C2H6O2S.C2H6O.C2H6.2CH4/c2*1-2-4-6-5-3-1;1-5(2,3)4;1-3-2;1-2;;/h2*1-6H;1-2H3;1-2H3;1-2H3;2*1H4. The zero-order chi connectivity index (χ0) is 17.7. The van der Waals surface area contributed by atoms with Gasteiger partial charge in [0.25, 0.3) is 0 Å². The fourth-order valence-corrected chi connectivity index (χ4v) is 0.770. The topological polar surface area (TPSA) is 43.4 Å². The van der Waals surface area contributed by atoms with Crippen LogP contribution in [0.4, 0.5) is 0 Å². The van der Waals surface area contributed by atoms with Gasteiger partial charge in [0.1, 0.15) is 9.84 Å². The van der Waals surface area contributed by atoms with Gasteiger partial charge in [-0.15, -0.1) is 0 Å². The van der Waals surface area contributed by atoms with Crippen LogP contribution in [-0.2, 0) is 14.6 Å². The van der Waals surface area contributed by atoms with E-state index in [2.05, 4.69) is 4.74 Å². The summed E-state index contributed by atoms with van der Waals surface area (Å²) in [6.07, 6.45) is 2.32. The van der Waals surface area contributed by atoms with Gasteiger partial charge >= 0.3 is 0 Å². The van der Waals surface area contributed by atoms with Gasteiger partial charge in [-0.3, -0.25) is 0 Å². The minimum absolute atomic E-state index is 0. The van der Waals surface area contributed by atoms with Gasteiger partial charge in [0, 0.05) is 26.7 Å². The maximum absolute atomic E-state index is 9.63. The molecule has 0 spiro atoms. The molecule has 0 atom stereocenters. The summed E-state index contributed by atoms with van der Waals surface area (Å²) in [6.45, 7) is 4.00. The molecular weight excluding hydrogens is 320 g/mol. The summed E-state index contributed by atoms with van der Waals surface area (Å²) >= 11 is 0. The molecule has 0 aliphatic rings. The molecule has 2 aromatic rings. The largest absolute Gasteiger partial charge is 0.388 e. The van der Waals surface area contributed by atoms with Crippen LogP contribution in [0, 0.1) is 0 Å². The van der Waals surface area contributed by atoms with Crippen LogP contribution < -0.4 is 0 Å². The lowest BCUT2D eigenvalue weighted by atomic mass is 10.4. The summed E-state index contributed by atoms with van der Waals surface area (Å²) in [5, 5.41) is 0. The van der Waals surface area contributed by atoms with Gasteiger partial charge < -0.3 is 4.74 Å². The number of hydrogen-bond donors (Lipinski definition) is 0. The second-order valence-electron chi connectivity index (χ2n) is 3.86. The van der Waals surface area contributed by atoms with Crippen molar-refractivity contribution in [2.24, 2.45) is 0 Å². The summed E-state index contributed by atoms with van der Waals surface area (Å²) in [6, 6.07) is 24.0. The predicted octanol–water partition coefficient (Wildman–Crippen LogP) is 5.60. The van der Waals surface area contributed by atoms with Gasteiger partial charge in [-0.05, 0) is 0 Å².